The van der Waals surface area contributed by atoms with Crippen LogP contribution >= 0.6 is 11.8 Å². The fourth-order valence-electron chi connectivity index (χ4n) is 4.05. The van der Waals surface area contributed by atoms with E-state index >= 15 is 0 Å². The Bertz CT molecular complexity index is 1270. The van der Waals surface area contributed by atoms with Gasteiger partial charge in [0.05, 0.1) is 16.0 Å². The van der Waals surface area contributed by atoms with Gasteiger partial charge >= 0.3 is 0 Å². The molecule has 178 valence electrons. The summed E-state index contributed by atoms with van der Waals surface area (Å²) >= 11 is 1.46. The summed E-state index contributed by atoms with van der Waals surface area (Å²) in [5.74, 6) is -1.39. The lowest BCUT2D eigenvalue weighted by Gasteiger charge is -2.27. The molecule has 0 aromatic heterocycles. The van der Waals surface area contributed by atoms with E-state index in [0.29, 0.717) is 16.2 Å². The molecule has 4 rings (SSSR count). The maximum Gasteiger partial charge on any atom is 0.294 e. The van der Waals surface area contributed by atoms with E-state index in [4.69, 9.17) is 4.55 Å². The van der Waals surface area contributed by atoms with Gasteiger partial charge in [0.25, 0.3) is 21.9 Å². The lowest BCUT2D eigenvalue weighted by atomic mass is 10.0. The summed E-state index contributed by atoms with van der Waals surface area (Å²) in [6.45, 7) is 0. The Morgan fingerprint density at radius 2 is 1.74 bits per heavy atom. The van der Waals surface area contributed by atoms with E-state index in [0.717, 1.165) is 29.7 Å². The predicted molar refractivity (Wildman–Crippen MR) is 123 cm³/mol. The van der Waals surface area contributed by atoms with Gasteiger partial charge in [-0.15, -0.1) is 11.8 Å². The van der Waals surface area contributed by atoms with Crippen LogP contribution in [-0.2, 0) is 26.1 Å². The third-order valence-electron chi connectivity index (χ3n) is 5.77. The maximum absolute atomic E-state index is 13.1. The Kier molecular flexibility index (Phi) is 6.87. The van der Waals surface area contributed by atoms with Crippen LogP contribution in [0.25, 0.3) is 0 Å². The fourth-order valence-corrected chi connectivity index (χ4v) is 5.61. The molecule has 9 nitrogen and oxygen atoms in total. The highest BCUT2D eigenvalue weighted by Gasteiger charge is 2.45. The molecular weight excluding hydrogens is 480 g/mol. The minimum absolute atomic E-state index is 0.0734. The van der Waals surface area contributed by atoms with Crippen LogP contribution in [0.2, 0.25) is 0 Å². The fraction of sp³-hybridized carbons (Fsp3) is 0.304. The number of hydrogen-bond acceptors (Lipinski definition) is 7. The first-order valence-corrected chi connectivity index (χ1v) is 13.1. The molecule has 0 bridgehead atoms. The van der Waals surface area contributed by atoms with Crippen LogP contribution in [-0.4, -0.2) is 53.3 Å². The number of unbranched alkanes of at least 4 members (excludes halogenated alkanes) is 1. The van der Waals surface area contributed by atoms with Crippen molar-refractivity contribution in [3.63, 3.8) is 0 Å². The standard InChI is InChI=1S/C23H22N2O7S2/c26-19-12-11-17(21(27)24-19)25-22(28)16-5-3-6-18(20(16)23(25)29)33-13-2-1-4-14-7-9-15(10-8-14)34(30,31)32/h3,5-10,17H,1-2,4,11-13H2,(H,24,26,27)(H,30,31,32). The number of imide groups is 2. The smallest absolute Gasteiger partial charge is 0.294 e. The van der Waals surface area contributed by atoms with Gasteiger partial charge in [0.15, 0.2) is 0 Å². The van der Waals surface area contributed by atoms with Crippen LogP contribution in [0.15, 0.2) is 52.3 Å². The monoisotopic (exact) mass is 502 g/mol. The second kappa shape index (κ2) is 9.69. The molecule has 1 fully saturated rings. The molecule has 2 aromatic carbocycles. The van der Waals surface area contributed by atoms with Crippen molar-refractivity contribution >= 4 is 45.5 Å². The highest BCUT2D eigenvalue weighted by Crippen LogP contribution is 2.34. The zero-order valence-electron chi connectivity index (χ0n) is 18.0. The van der Waals surface area contributed by atoms with E-state index in [9.17, 15) is 27.6 Å². The number of hydrogen-bond donors (Lipinski definition) is 2. The minimum Gasteiger partial charge on any atom is -0.295 e. The zero-order chi connectivity index (χ0) is 24.5. The van der Waals surface area contributed by atoms with Gasteiger partial charge < -0.3 is 0 Å². The third-order valence-corrected chi connectivity index (χ3v) is 7.78. The Hall–Kier alpha value is -3.02. The summed E-state index contributed by atoms with van der Waals surface area (Å²) in [5.41, 5.74) is 1.50. The number of benzene rings is 2. The van der Waals surface area contributed by atoms with E-state index < -0.39 is 39.8 Å². The Morgan fingerprint density at radius 3 is 2.41 bits per heavy atom. The van der Waals surface area contributed by atoms with Crippen molar-refractivity contribution in [1.29, 1.82) is 0 Å². The number of nitrogens with zero attached hydrogens (tertiary/aromatic N) is 1. The molecule has 1 atom stereocenters. The SMILES string of the molecule is O=C1CCC(N2C(=O)c3cccc(SCCCCc4ccc(S(=O)(=O)O)cc4)c3C2=O)C(=O)N1. The molecule has 2 aliphatic heterocycles. The molecule has 11 heteroatoms. The molecule has 2 aliphatic rings. The highest BCUT2D eigenvalue weighted by atomic mass is 32.2. The van der Waals surface area contributed by atoms with Gasteiger partial charge in [0.1, 0.15) is 6.04 Å². The van der Waals surface area contributed by atoms with E-state index in [1.807, 2.05) is 0 Å². The van der Waals surface area contributed by atoms with Crippen molar-refractivity contribution in [1.82, 2.24) is 10.2 Å². The summed E-state index contributed by atoms with van der Waals surface area (Å²) < 4.78 is 31.3. The molecule has 0 aliphatic carbocycles. The molecule has 1 saturated heterocycles. The van der Waals surface area contributed by atoms with Crippen LogP contribution < -0.4 is 5.32 Å². The van der Waals surface area contributed by atoms with Crippen LogP contribution in [0.5, 0.6) is 0 Å². The van der Waals surface area contributed by atoms with E-state index in [1.54, 1.807) is 30.3 Å². The Morgan fingerprint density at radius 1 is 1.00 bits per heavy atom. The highest BCUT2D eigenvalue weighted by molar-refractivity contribution is 7.99. The summed E-state index contributed by atoms with van der Waals surface area (Å²) in [7, 11) is -4.21. The van der Waals surface area contributed by atoms with Crippen molar-refractivity contribution in [2.24, 2.45) is 0 Å². The van der Waals surface area contributed by atoms with Crippen LogP contribution in [0.3, 0.4) is 0 Å². The number of thioether (sulfide) groups is 1. The van der Waals surface area contributed by atoms with Gasteiger partial charge in [0.2, 0.25) is 11.8 Å². The molecule has 0 radical (unpaired) electrons. The van der Waals surface area contributed by atoms with Crippen LogP contribution in [0, 0.1) is 0 Å². The Balaban J connectivity index is 1.36. The van der Waals surface area contributed by atoms with Crippen molar-refractivity contribution in [2.75, 3.05) is 5.75 Å². The number of carbonyl (C=O) groups is 4. The molecule has 34 heavy (non-hydrogen) atoms. The molecular formula is C23H22N2O7S2. The normalized spacial score (nSPS) is 18.3. The lowest BCUT2D eigenvalue weighted by molar-refractivity contribution is -0.136. The quantitative estimate of drug-likeness (QED) is 0.243. The molecule has 0 saturated carbocycles. The van der Waals surface area contributed by atoms with Crippen molar-refractivity contribution in [3.8, 4) is 0 Å². The third kappa shape index (κ3) is 4.91. The van der Waals surface area contributed by atoms with Gasteiger partial charge in [-0.05, 0) is 61.3 Å². The maximum atomic E-state index is 13.1. The van der Waals surface area contributed by atoms with Gasteiger partial charge in [0, 0.05) is 11.3 Å². The summed E-state index contributed by atoms with van der Waals surface area (Å²) in [4.78, 5) is 51.1. The van der Waals surface area contributed by atoms with Gasteiger partial charge in [-0.25, -0.2) is 0 Å². The average Bonchev–Trinajstić information content (AvgIpc) is 3.04. The zero-order valence-corrected chi connectivity index (χ0v) is 19.7. The first-order chi connectivity index (χ1) is 16.2. The lowest BCUT2D eigenvalue weighted by Crippen LogP contribution is -2.54. The molecule has 2 N–H and O–H groups in total. The summed E-state index contributed by atoms with van der Waals surface area (Å²) in [6, 6.07) is 10.1. The number of amides is 4. The number of carbonyl (C=O) groups excluding carboxylic acids is 4. The molecule has 0 spiro atoms. The van der Waals surface area contributed by atoms with Crippen molar-refractivity contribution in [2.45, 2.75) is 47.9 Å². The largest absolute Gasteiger partial charge is 0.295 e. The topological polar surface area (TPSA) is 138 Å². The van der Waals surface area contributed by atoms with Gasteiger partial charge in [-0.3, -0.25) is 33.9 Å². The number of nitrogens with one attached hydrogen (secondary N) is 1. The molecule has 1 unspecified atom stereocenters. The van der Waals surface area contributed by atoms with E-state index in [2.05, 4.69) is 5.32 Å². The van der Waals surface area contributed by atoms with Crippen molar-refractivity contribution < 1.29 is 32.1 Å². The minimum atomic E-state index is -4.21. The number of fused-ring (bicyclic) bond motifs is 1. The van der Waals surface area contributed by atoms with E-state index in [-0.39, 0.29) is 23.3 Å². The van der Waals surface area contributed by atoms with Gasteiger partial charge in [-0.1, -0.05) is 18.2 Å². The predicted octanol–water partition coefficient (Wildman–Crippen LogP) is 2.45. The first-order valence-electron chi connectivity index (χ1n) is 10.7. The second-order valence-corrected chi connectivity index (χ2v) is 10.6. The first kappa shape index (κ1) is 24.1. The number of rotatable bonds is 8. The second-order valence-electron chi connectivity index (χ2n) is 8.05. The molecule has 4 amide bonds. The average molecular weight is 503 g/mol. The number of piperidine rings is 1. The van der Waals surface area contributed by atoms with E-state index in [1.165, 1.54) is 23.9 Å². The summed E-state index contributed by atoms with van der Waals surface area (Å²) in [6.07, 6.45) is 2.55. The Labute approximate surface area is 200 Å². The van der Waals surface area contributed by atoms with Crippen LogP contribution in [0.4, 0.5) is 0 Å². The molecule has 2 heterocycles. The number of aryl methyl sites for hydroxylation is 1. The summed E-state index contributed by atoms with van der Waals surface area (Å²) in [5, 5.41) is 2.19. The van der Waals surface area contributed by atoms with Crippen LogP contribution in [0.1, 0.15) is 52.0 Å². The van der Waals surface area contributed by atoms with Gasteiger partial charge in [-0.2, -0.15) is 8.42 Å². The van der Waals surface area contributed by atoms with Crippen molar-refractivity contribution in [3.05, 3.63) is 59.2 Å². The molecule has 2 aromatic rings.